The van der Waals surface area contributed by atoms with Crippen LogP contribution in [0.5, 0.6) is 0 Å². The topological polar surface area (TPSA) is 27.6 Å². The molecule has 0 atom stereocenters. The molecule has 1 heterocycles. The molecule has 3 heteroatoms. The fourth-order valence-electron chi connectivity index (χ4n) is 1.66. The highest BCUT2D eigenvalue weighted by Gasteiger charge is 2.09. The summed E-state index contributed by atoms with van der Waals surface area (Å²) in [5.41, 5.74) is 1.21. The van der Waals surface area contributed by atoms with Crippen LogP contribution in [0.2, 0.25) is 0 Å². The van der Waals surface area contributed by atoms with Crippen molar-refractivity contribution in [2.45, 2.75) is 20.3 Å². The molecule has 1 rings (SSSR count). The van der Waals surface area contributed by atoms with Gasteiger partial charge >= 0.3 is 0 Å². The third kappa shape index (κ3) is 4.03. The van der Waals surface area contributed by atoms with Gasteiger partial charge in [0.2, 0.25) is 0 Å². The SMILES string of the molecule is CC=N/C(=C\CC)CN1CCNCC1. The van der Waals surface area contributed by atoms with Crippen LogP contribution >= 0.6 is 0 Å². The number of rotatable bonds is 4. The predicted octanol–water partition coefficient (Wildman–Crippen LogP) is 1.28. The molecule has 0 radical (unpaired) electrons. The zero-order valence-electron chi connectivity index (χ0n) is 9.29. The zero-order valence-corrected chi connectivity index (χ0v) is 9.29. The van der Waals surface area contributed by atoms with Gasteiger partial charge in [-0.25, -0.2) is 0 Å². The lowest BCUT2D eigenvalue weighted by molar-refractivity contribution is 0.259. The van der Waals surface area contributed by atoms with E-state index in [2.05, 4.69) is 28.2 Å². The van der Waals surface area contributed by atoms with Gasteiger partial charge in [0.15, 0.2) is 0 Å². The van der Waals surface area contributed by atoms with Crippen LogP contribution < -0.4 is 5.32 Å². The maximum absolute atomic E-state index is 4.38. The van der Waals surface area contributed by atoms with Gasteiger partial charge in [-0.1, -0.05) is 13.0 Å². The maximum Gasteiger partial charge on any atom is 0.0500 e. The van der Waals surface area contributed by atoms with Crippen molar-refractivity contribution in [2.24, 2.45) is 4.99 Å². The quantitative estimate of drug-likeness (QED) is 0.684. The Hall–Kier alpha value is -0.670. The number of nitrogens with zero attached hydrogens (tertiary/aromatic N) is 2. The fraction of sp³-hybridized carbons (Fsp3) is 0.727. The number of aliphatic imine (C=N–C) groups is 1. The Bertz CT molecular complexity index is 203. The number of hydrogen-bond donors (Lipinski definition) is 1. The summed E-state index contributed by atoms with van der Waals surface area (Å²) in [7, 11) is 0. The standard InChI is InChI=1S/C11H21N3/c1-3-5-11(13-4-2)10-14-8-6-12-7-9-14/h4-5,12H,3,6-10H2,1-2H3/b11-5-,13-4?. The monoisotopic (exact) mass is 195 g/mol. The van der Waals surface area contributed by atoms with Crippen LogP contribution in [-0.4, -0.2) is 43.8 Å². The molecule has 0 unspecified atom stereocenters. The summed E-state index contributed by atoms with van der Waals surface area (Å²) in [6.45, 7) is 9.62. The van der Waals surface area contributed by atoms with E-state index >= 15 is 0 Å². The highest BCUT2D eigenvalue weighted by atomic mass is 15.2. The molecule has 14 heavy (non-hydrogen) atoms. The lowest BCUT2D eigenvalue weighted by atomic mass is 10.3. The van der Waals surface area contributed by atoms with Crippen LogP contribution in [0.15, 0.2) is 16.8 Å². The Labute approximate surface area is 86.9 Å². The molecule has 3 nitrogen and oxygen atoms in total. The summed E-state index contributed by atoms with van der Waals surface area (Å²) in [6.07, 6.45) is 5.16. The lowest BCUT2D eigenvalue weighted by Crippen LogP contribution is -2.44. The summed E-state index contributed by atoms with van der Waals surface area (Å²) >= 11 is 0. The largest absolute Gasteiger partial charge is 0.314 e. The fourth-order valence-corrected chi connectivity index (χ4v) is 1.66. The Morgan fingerprint density at radius 3 is 2.71 bits per heavy atom. The van der Waals surface area contributed by atoms with Gasteiger partial charge in [-0.2, -0.15) is 0 Å². The first-order chi connectivity index (χ1) is 6.86. The Morgan fingerprint density at radius 1 is 1.43 bits per heavy atom. The second kappa shape index (κ2) is 6.74. The van der Waals surface area contributed by atoms with Crippen LogP contribution in [0.3, 0.4) is 0 Å². The molecular weight excluding hydrogens is 174 g/mol. The molecule has 0 bridgehead atoms. The van der Waals surface area contributed by atoms with E-state index in [9.17, 15) is 0 Å². The first-order valence-electron chi connectivity index (χ1n) is 5.47. The summed E-state index contributed by atoms with van der Waals surface area (Å²) in [5, 5.41) is 3.35. The van der Waals surface area contributed by atoms with Crippen LogP contribution in [0.1, 0.15) is 20.3 Å². The van der Waals surface area contributed by atoms with Crippen LogP contribution in [0.25, 0.3) is 0 Å². The molecule has 0 saturated carbocycles. The Morgan fingerprint density at radius 2 is 2.14 bits per heavy atom. The average molecular weight is 195 g/mol. The minimum absolute atomic E-state index is 1.000. The second-order valence-corrected chi connectivity index (χ2v) is 3.52. The molecule has 1 saturated heterocycles. The zero-order chi connectivity index (χ0) is 10.2. The van der Waals surface area contributed by atoms with Gasteiger partial charge in [0.25, 0.3) is 0 Å². The number of piperazine rings is 1. The van der Waals surface area contributed by atoms with E-state index in [0.29, 0.717) is 0 Å². The van der Waals surface area contributed by atoms with Gasteiger partial charge in [-0.3, -0.25) is 9.89 Å². The molecule has 1 aliphatic heterocycles. The van der Waals surface area contributed by atoms with E-state index in [1.165, 1.54) is 5.70 Å². The third-order valence-corrected chi connectivity index (χ3v) is 2.33. The Balaban J connectivity index is 2.41. The lowest BCUT2D eigenvalue weighted by Gasteiger charge is -2.27. The average Bonchev–Trinajstić information content (AvgIpc) is 2.20. The molecule has 1 fully saturated rings. The highest BCUT2D eigenvalue weighted by molar-refractivity contribution is 5.55. The van der Waals surface area contributed by atoms with E-state index in [1.807, 2.05) is 13.1 Å². The van der Waals surface area contributed by atoms with Gasteiger partial charge in [-0.15, -0.1) is 0 Å². The Kier molecular flexibility index (Phi) is 5.49. The number of hydrogen-bond acceptors (Lipinski definition) is 3. The van der Waals surface area contributed by atoms with E-state index in [1.54, 1.807) is 0 Å². The molecule has 80 valence electrons. The van der Waals surface area contributed by atoms with E-state index < -0.39 is 0 Å². The van der Waals surface area contributed by atoms with Crippen LogP contribution in [0, 0.1) is 0 Å². The minimum Gasteiger partial charge on any atom is -0.314 e. The van der Waals surface area contributed by atoms with Crippen molar-refractivity contribution < 1.29 is 0 Å². The van der Waals surface area contributed by atoms with Gasteiger partial charge < -0.3 is 5.32 Å². The summed E-state index contributed by atoms with van der Waals surface area (Å²) in [6, 6.07) is 0. The summed E-state index contributed by atoms with van der Waals surface area (Å²) < 4.78 is 0. The minimum atomic E-state index is 1.000. The summed E-state index contributed by atoms with van der Waals surface area (Å²) in [4.78, 5) is 6.83. The molecule has 0 spiro atoms. The van der Waals surface area contributed by atoms with Gasteiger partial charge in [0, 0.05) is 44.6 Å². The number of nitrogens with one attached hydrogen (secondary N) is 1. The first kappa shape index (κ1) is 11.4. The van der Waals surface area contributed by atoms with E-state index in [4.69, 9.17) is 0 Å². The second-order valence-electron chi connectivity index (χ2n) is 3.52. The molecule has 0 amide bonds. The van der Waals surface area contributed by atoms with Crippen molar-refractivity contribution >= 4 is 6.21 Å². The summed E-state index contributed by atoms with van der Waals surface area (Å²) in [5.74, 6) is 0. The van der Waals surface area contributed by atoms with Gasteiger partial charge in [0.1, 0.15) is 0 Å². The van der Waals surface area contributed by atoms with Crippen molar-refractivity contribution in [3.8, 4) is 0 Å². The van der Waals surface area contributed by atoms with Crippen LogP contribution in [0.4, 0.5) is 0 Å². The molecule has 0 aliphatic carbocycles. The first-order valence-corrected chi connectivity index (χ1v) is 5.47. The van der Waals surface area contributed by atoms with E-state index in [0.717, 1.165) is 39.1 Å². The highest BCUT2D eigenvalue weighted by Crippen LogP contribution is 2.03. The predicted molar refractivity (Wildman–Crippen MR) is 61.8 cm³/mol. The van der Waals surface area contributed by atoms with Gasteiger partial charge in [-0.05, 0) is 13.3 Å². The normalized spacial score (nSPS) is 20.6. The van der Waals surface area contributed by atoms with E-state index in [-0.39, 0.29) is 0 Å². The van der Waals surface area contributed by atoms with Crippen molar-refractivity contribution in [1.29, 1.82) is 0 Å². The van der Waals surface area contributed by atoms with Crippen molar-refractivity contribution in [2.75, 3.05) is 32.7 Å². The molecular formula is C11H21N3. The molecule has 0 aromatic heterocycles. The van der Waals surface area contributed by atoms with Crippen molar-refractivity contribution in [1.82, 2.24) is 10.2 Å². The van der Waals surface area contributed by atoms with Crippen molar-refractivity contribution in [3.05, 3.63) is 11.8 Å². The number of allylic oxidation sites excluding steroid dienone is 1. The molecule has 0 aromatic rings. The molecule has 1 N–H and O–H groups in total. The molecule has 0 aromatic carbocycles. The smallest absolute Gasteiger partial charge is 0.0500 e. The van der Waals surface area contributed by atoms with Crippen LogP contribution in [-0.2, 0) is 0 Å². The van der Waals surface area contributed by atoms with Crippen molar-refractivity contribution in [3.63, 3.8) is 0 Å². The molecule has 1 aliphatic rings. The maximum atomic E-state index is 4.38. The van der Waals surface area contributed by atoms with Gasteiger partial charge in [0.05, 0.1) is 0 Å². The third-order valence-electron chi connectivity index (χ3n) is 2.33.